The third-order valence-electron chi connectivity index (χ3n) is 3.01. The minimum atomic E-state index is -0.432. The number of hydrogen-bond donors (Lipinski definition) is 2. The summed E-state index contributed by atoms with van der Waals surface area (Å²) in [6.07, 6.45) is 0. The molecular weight excluding hydrogens is 236 g/mol. The Kier molecular flexibility index (Phi) is 4.68. The molecule has 3 heteroatoms. The van der Waals surface area contributed by atoms with Gasteiger partial charge in [-0.3, -0.25) is 5.32 Å². The SMILES string of the molecule is N#C[C@H](N[C@@H](CO)c1ccccc1)c1ccccc1. The third kappa shape index (κ3) is 3.41. The summed E-state index contributed by atoms with van der Waals surface area (Å²) < 4.78 is 0. The molecule has 2 aromatic rings. The fourth-order valence-electron chi connectivity index (χ4n) is 1.99. The average molecular weight is 252 g/mol. The van der Waals surface area contributed by atoms with Gasteiger partial charge < -0.3 is 5.11 Å². The highest BCUT2D eigenvalue weighted by molar-refractivity contribution is 5.26. The smallest absolute Gasteiger partial charge is 0.121 e. The van der Waals surface area contributed by atoms with Crippen LogP contribution >= 0.6 is 0 Å². The molecule has 0 bridgehead atoms. The van der Waals surface area contributed by atoms with E-state index >= 15 is 0 Å². The molecule has 0 aliphatic rings. The molecule has 96 valence electrons. The predicted octanol–water partition coefficient (Wildman–Crippen LogP) is 2.57. The first-order valence-corrected chi connectivity index (χ1v) is 6.21. The molecule has 0 aliphatic carbocycles. The van der Waals surface area contributed by atoms with Gasteiger partial charge in [-0.1, -0.05) is 60.7 Å². The number of nitriles is 1. The Balaban J connectivity index is 2.16. The molecule has 2 N–H and O–H groups in total. The van der Waals surface area contributed by atoms with Gasteiger partial charge in [-0.25, -0.2) is 0 Å². The summed E-state index contributed by atoms with van der Waals surface area (Å²) in [6.45, 7) is -0.0466. The molecule has 19 heavy (non-hydrogen) atoms. The van der Waals surface area contributed by atoms with E-state index in [0.717, 1.165) is 11.1 Å². The van der Waals surface area contributed by atoms with Crippen LogP contribution in [0.15, 0.2) is 60.7 Å². The fraction of sp³-hybridized carbons (Fsp3) is 0.188. The first kappa shape index (κ1) is 13.3. The molecule has 0 fully saturated rings. The quantitative estimate of drug-likeness (QED) is 0.860. The van der Waals surface area contributed by atoms with Crippen LogP contribution in [0, 0.1) is 11.3 Å². The van der Waals surface area contributed by atoms with Gasteiger partial charge in [0.1, 0.15) is 6.04 Å². The normalized spacial score (nSPS) is 13.5. The van der Waals surface area contributed by atoms with Crippen molar-refractivity contribution in [2.45, 2.75) is 12.1 Å². The maximum atomic E-state index is 9.50. The van der Waals surface area contributed by atoms with Crippen molar-refractivity contribution in [3.8, 4) is 6.07 Å². The van der Waals surface area contributed by atoms with E-state index in [9.17, 15) is 10.4 Å². The highest BCUT2D eigenvalue weighted by Gasteiger charge is 2.17. The Morgan fingerprint density at radius 2 is 1.47 bits per heavy atom. The van der Waals surface area contributed by atoms with Crippen LogP contribution in [0.1, 0.15) is 23.2 Å². The molecule has 0 radical (unpaired) electrons. The summed E-state index contributed by atoms with van der Waals surface area (Å²) in [6, 6.07) is 20.7. The van der Waals surface area contributed by atoms with Crippen LogP contribution in [-0.2, 0) is 0 Å². The lowest BCUT2D eigenvalue weighted by Crippen LogP contribution is -2.28. The van der Waals surface area contributed by atoms with E-state index in [1.54, 1.807) is 0 Å². The Bertz CT molecular complexity index is 534. The van der Waals surface area contributed by atoms with Gasteiger partial charge >= 0.3 is 0 Å². The molecular formula is C16H16N2O. The van der Waals surface area contributed by atoms with E-state index in [-0.39, 0.29) is 12.6 Å². The van der Waals surface area contributed by atoms with Crippen molar-refractivity contribution in [2.24, 2.45) is 0 Å². The van der Waals surface area contributed by atoms with Crippen molar-refractivity contribution < 1.29 is 5.11 Å². The zero-order chi connectivity index (χ0) is 13.5. The van der Waals surface area contributed by atoms with Gasteiger partial charge in [0.25, 0.3) is 0 Å². The summed E-state index contributed by atoms with van der Waals surface area (Å²) in [5.41, 5.74) is 1.88. The second-order valence-electron chi connectivity index (χ2n) is 4.29. The number of hydrogen-bond acceptors (Lipinski definition) is 3. The molecule has 2 atom stereocenters. The van der Waals surface area contributed by atoms with E-state index in [4.69, 9.17) is 0 Å². The van der Waals surface area contributed by atoms with Gasteiger partial charge in [-0.2, -0.15) is 5.26 Å². The molecule has 0 amide bonds. The van der Waals surface area contributed by atoms with Gasteiger partial charge in [-0.05, 0) is 11.1 Å². The Morgan fingerprint density at radius 1 is 0.947 bits per heavy atom. The molecule has 0 saturated heterocycles. The Morgan fingerprint density at radius 3 is 1.95 bits per heavy atom. The van der Waals surface area contributed by atoms with Crippen molar-refractivity contribution in [3.05, 3.63) is 71.8 Å². The lowest BCUT2D eigenvalue weighted by molar-refractivity contribution is 0.239. The maximum absolute atomic E-state index is 9.50. The molecule has 0 heterocycles. The zero-order valence-corrected chi connectivity index (χ0v) is 10.5. The first-order chi connectivity index (χ1) is 9.35. The van der Waals surface area contributed by atoms with Crippen LogP contribution in [0.2, 0.25) is 0 Å². The Hall–Kier alpha value is -2.15. The van der Waals surface area contributed by atoms with Crippen molar-refractivity contribution in [3.63, 3.8) is 0 Å². The number of rotatable bonds is 5. The molecule has 2 aromatic carbocycles. The molecule has 0 aromatic heterocycles. The standard InChI is InChI=1S/C16H16N2O/c17-11-15(13-7-3-1-4-8-13)18-16(12-19)14-9-5-2-6-10-14/h1-10,15-16,18-19H,12H2/t15-,16-/m0/s1. The highest BCUT2D eigenvalue weighted by atomic mass is 16.3. The van der Waals surface area contributed by atoms with Gasteiger partial charge in [0.15, 0.2) is 0 Å². The summed E-state index contributed by atoms with van der Waals surface area (Å²) in [5.74, 6) is 0. The lowest BCUT2D eigenvalue weighted by atomic mass is 10.0. The Labute approximate surface area is 113 Å². The number of nitrogens with zero attached hydrogens (tertiary/aromatic N) is 1. The number of benzene rings is 2. The van der Waals surface area contributed by atoms with Gasteiger partial charge in [0.2, 0.25) is 0 Å². The van der Waals surface area contributed by atoms with Crippen LogP contribution in [0.25, 0.3) is 0 Å². The van der Waals surface area contributed by atoms with Crippen LogP contribution in [0.5, 0.6) is 0 Å². The van der Waals surface area contributed by atoms with E-state index < -0.39 is 6.04 Å². The van der Waals surface area contributed by atoms with Crippen molar-refractivity contribution in [1.82, 2.24) is 5.32 Å². The van der Waals surface area contributed by atoms with Crippen molar-refractivity contribution in [2.75, 3.05) is 6.61 Å². The lowest BCUT2D eigenvalue weighted by Gasteiger charge is -2.20. The fourth-order valence-corrected chi connectivity index (χ4v) is 1.99. The molecule has 0 saturated carbocycles. The summed E-state index contributed by atoms with van der Waals surface area (Å²) in [7, 11) is 0. The van der Waals surface area contributed by atoms with E-state index in [0.29, 0.717) is 0 Å². The molecule has 0 aliphatic heterocycles. The maximum Gasteiger partial charge on any atom is 0.121 e. The van der Waals surface area contributed by atoms with E-state index in [2.05, 4.69) is 11.4 Å². The third-order valence-corrected chi connectivity index (χ3v) is 3.01. The minimum Gasteiger partial charge on any atom is -0.394 e. The van der Waals surface area contributed by atoms with Crippen LogP contribution in [-0.4, -0.2) is 11.7 Å². The minimum absolute atomic E-state index is 0.0466. The zero-order valence-electron chi connectivity index (χ0n) is 10.5. The number of aliphatic hydroxyl groups excluding tert-OH is 1. The summed E-state index contributed by atoms with van der Waals surface area (Å²) >= 11 is 0. The molecule has 0 spiro atoms. The van der Waals surface area contributed by atoms with Crippen molar-refractivity contribution >= 4 is 0 Å². The summed E-state index contributed by atoms with van der Waals surface area (Å²) in [4.78, 5) is 0. The largest absolute Gasteiger partial charge is 0.394 e. The number of nitrogens with one attached hydrogen (secondary N) is 1. The van der Waals surface area contributed by atoms with Crippen LogP contribution in [0.4, 0.5) is 0 Å². The summed E-state index contributed by atoms with van der Waals surface area (Å²) in [5, 5.41) is 22.0. The molecule has 2 rings (SSSR count). The highest BCUT2D eigenvalue weighted by Crippen LogP contribution is 2.19. The number of aliphatic hydroxyl groups is 1. The molecule has 0 unspecified atom stereocenters. The predicted molar refractivity (Wildman–Crippen MR) is 74.2 cm³/mol. The monoisotopic (exact) mass is 252 g/mol. The van der Waals surface area contributed by atoms with Crippen molar-refractivity contribution in [1.29, 1.82) is 5.26 Å². The second-order valence-corrected chi connectivity index (χ2v) is 4.29. The molecule has 3 nitrogen and oxygen atoms in total. The second kappa shape index (κ2) is 6.69. The van der Waals surface area contributed by atoms with E-state index in [1.807, 2.05) is 60.7 Å². The average Bonchev–Trinajstić information content (AvgIpc) is 2.50. The van der Waals surface area contributed by atoms with E-state index in [1.165, 1.54) is 0 Å². The topological polar surface area (TPSA) is 56.0 Å². The van der Waals surface area contributed by atoms with Crippen LogP contribution < -0.4 is 5.32 Å². The van der Waals surface area contributed by atoms with Crippen LogP contribution in [0.3, 0.4) is 0 Å². The first-order valence-electron chi connectivity index (χ1n) is 6.21. The van der Waals surface area contributed by atoms with Gasteiger partial charge in [-0.15, -0.1) is 0 Å². The van der Waals surface area contributed by atoms with Gasteiger partial charge in [0.05, 0.1) is 18.7 Å². The van der Waals surface area contributed by atoms with Gasteiger partial charge in [0, 0.05) is 0 Å².